The van der Waals surface area contributed by atoms with Gasteiger partial charge in [-0.3, -0.25) is 9.89 Å². The number of carbonyl (C=O) groups excluding carboxylic acids is 1. The second kappa shape index (κ2) is 4.09. The Morgan fingerprint density at radius 2 is 1.84 bits per heavy atom. The van der Waals surface area contributed by atoms with Crippen LogP contribution in [0.3, 0.4) is 0 Å². The highest BCUT2D eigenvalue weighted by Gasteiger charge is 2.15. The molecule has 0 bridgehead atoms. The third kappa shape index (κ3) is 1.85. The van der Waals surface area contributed by atoms with E-state index in [4.69, 9.17) is 0 Å². The summed E-state index contributed by atoms with van der Waals surface area (Å²) in [4.78, 5) is 15.6. The molecule has 0 saturated heterocycles. The van der Waals surface area contributed by atoms with Crippen LogP contribution < -0.4 is 0 Å². The molecule has 0 aliphatic rings. The third-order valence-corrected chi connectivity index (χ3v) is 3.55. The summed E-state index contributed by atoms with van der Waals surface area (Å²) in [6.45, 7) is 5.98. The van der Waals surface area contributed by atoms with Gasteiger partial charge in [-0.25, -0.2) is 0 Å². The van der Waals surface area contributed by atoms with Gasteiger partial charge in [0.05, 0.1) is 17.5 Å². The van der Waals surface area contributed by atoms with Gasteiger partial charge in [0.2, 0.25) is 5.78 Å². The first kappa shape index (κ1) is 11.7. The summed E-state index contributed by atoms with van der Waals surface area (Å²) in [5.41, 5.74) is 5.44. The van der Waals surface area contributed by atoms with Gasteiger partial charge < -0.3 is 4.98 Å². The summed E-state index contributed by atoms with van der Waals surface area (Å²) in [7, 11) is 0. The van der Waals surface area contributed by atoms with Gasteiger partial charge in [0.1, 0.15) is 0 Å². The number of aromatic amines is 2. The van der Waals surface area contributed by atoms with Crippen LogP contribution in [0.25, 0.3) is 10.9 Å². The zero-order valence-corrected chi connectivity index (χ0v) is 11.2. The smallest absolute Gasteiger partial charge is 0.212 e. The van der Waals surface area contributed by atoms with Crippen LogP contribution >= 0.6 is 0 Å². The van der Waals surface area contributed by atoms with Crippen LogP contribution in [0, 0.1) is 20.8 Å². The minimum absolute atomic E-state index is 0.0299. The van der Waals surface area contributed by atoms with Crippen molar-refractivity contribution >= 4 is 16.7 Å². The van der Waals surface area contributed by atoms with Crippen molar-refractivity contribution in [3.63, 3.8) is 0 Å². The molecule has 3 rings (SSSR count). The molecule has 0 aliphatic heterocycles. The normalized spacial score (nSPS) is 11.1. The highest BCUT2D eigenvalue weighted by Crippen LogP contribution is 2.22. The number of carbonyl (C=O) groups is 1. The Morgan fingerprint density at radius 3 is 2.53 bits per heavy atom. The molecular formula is C15H15N3O. The number of ketones is 1. The number of nitrogens with one attached hydrogen (secondary N) is 2. The molecule has 3 aromatic rings. The summed E-state index contributed by atoms with van der Waals surface area (Å²) in [6.07, 6.45) is 1.57. The van der Waals surface area contributed by atoms with Gasteiger partial charge in [0.15, 0.2) is 0 Å². The van der Waals surface area contributed by atoms with Crippen LogP contribution in [-0.2, 0) is 0 Å². The topological polar surface area (TPSA) is 61.5 Å². The van der Waals surface area contributed by atoms with Gasteiger partial charge in [-0.2, -0.15) is 5.10 Å². The van der Waals surface area contributed by atoms with E-state index in [1.54, 1.807) is 6.20 Å². The highest BCUT2D eigenvalue weighted by molar-refractivity contribution is 6.10. The second-order valence-corrected chi connectivity index (χ2v) is 4.94. The van der Waals surface area contributed by atoms with Crippen LogP contribution in [0.15, 0.2) is 24.4 Å². The highest BCUT2D eigenvalue weighted by atomic mass is 16.1. The van der Waals surface area contributed by atoms with E-state index >= 15 is 0 Å². The number of rotatable bonds is 2. The van der Waals surface area contributed by atoms with Crippen molar-refractivity contribution in [2.75, 3.05) is 0 Å². The lowest BCUT2D eigenvalue weighted by Gasteiger charge is -1.98. The van der Waals surface area contributed by atoms with Crippen LogP contribution in [-0.4, -0.2) is 21.0 Å². The lowest BCUT2D eigenvalue weighted by Crippen LogP contribution is -2.01. The van der Waals surface area contributed by atoms with Gasteiger partial charge in [0.25, 0.3) is 0 Å². The first-order valence-corrected chi connectivity index (χ1v) is 6.21. The molecule has 0 radical (unpaired) electrons. The maximum absolute atomic E-state index is 12.4. The second-order valence-electron chi connectivity index (χ2n) is 4.94. The third-order valence-electron chi connectivity index (χ3n) is 3.55. The zero-order valence-electron chi connectivity index (χ0n) is 11.2. The molecular weight excluding hydrogens is 238 g/mol. The summed E-state index contributed by atoms with van der Waals surface area (Å²) in [5, 5.41) is 7.74. The predicted octanol–water partition coefficient (Wildman–Crippen LogP) is 3.05. The zero-order chi connectivity index (χ0) is 13.6. The van der Waals surface area contributed by atoms with Crippen molar-refractivity contribution < 1.29 is 4.79 Å². The fourth-order valence-electron chi connectivity index (χ4n) is 2.25. The average molecular weight is 253 g/mol. The minimum atomic E-state index is -0.0299. The van der Waals surface area contributed by atoms with Gasteiger partial charge in [-0.1, -0.05) is 0 Å². The largest absolute Gasteiger partial charge is 0.352 e. The summed E-state index contributed by atoms with van der Waals surface area (Å²) in [6, 6.07) is 6.07. The van der Waals surface area contributed by atoms with E-state index in [0.29, 0.717) is 11.3 Å². The molecule has 0 unspecified atom stereocenters. The SMILES string of the molecule is Cc1cc2cc(C(=O)c3cn[nH]c3C)[nH]c2cc1C. The van der Waals surface area contributed by atoms with Crippen molar-refractivity contribution in [2.24, 2.45) is 0 Å². The van der Waals surface area contributed by atoms with E-state index in [2.05, 4.69) is 41.2 Å². The molecule has 2 heterocycles. The Balaban J connectivity index is 2.11. The lowest BCUT2D eigenvalue weighted by atomic mass is 10.1. The minimum Gasteiger partial charge on any atom is -0.352 e. The van der Waals surface area contributed by atoms with Crippen molar-refractivity contribution in [1.29, 1.82) is 0 Å². The van der Waals surface area contributed by atoms with Crippen LogP contribution in [0.4, 0.5) is 0 Å². The summed E-state index contributed by atoms with van der Waals surface area (Å²) in [5.74, 6) is -0.0299. The Labute approximate surface area is 110 Å². The van der Waals surface area contributed by atoms with Crippen LogP contribution in [0.2, 0.25) is 0 Å². The molecule has 2 N–H and O–H groups in total. The molecule has 0 amide bonds. The number of H-pyrrole nitrogens is 2. The molecule has 19 heavy (non-hydrogen) atoms. The number of benzene rings is 1. The van der Waals surface area contributed by atoms with Gasteiger partial charge >= 0.3 is 0 Å². The van der Waals surface area contributed by atoms with Crippen molar-refractivity contribution in [1.82, 2.24) is 15.2 Å². The maximum atomic E-state index is 12.4. The lowest BCUT2D eigenvalue weighted by molar-refractivity contribution is 0.103. The number of nitrogens with zero attached hydrogens (tertiary/aromatic N) is 1. The van der Waals surface area contributed by atoms with E-state index in [9.17, 15) is 4.79 Å². The monoisotopic (exact) mass is 253 g/mol. The Hall–Kier alpha value is -2.36. The van der Waals surface area contributed by atoms with Gasteiger partial charge in [-0.05, 0) is 50.1 Å². The van der Waals surface area contributed by atoms with Gasteiger partial charge in [0, 0.05) is 16.6 Å². The molecule has 0 fully saturated rings. The van der Waals surface area contributed by atoms with E-state index in [1.165, 1.54) is 11.1 Å². The average Bonchev–Trinajstić information content (AvgIpc) is 2.95. The van der Waals surface area contributed by atoms with E-state index in [0.717, 1.165) is 16.6 Å². The molecule has 0 atom stereocenters. The quantitative estimate of drug-likeness (QED) is 0.689. The molecule has 4 heteroatoms. The number of hydrogen-bond donors (Lipinski definition) is 2. The fraction of sp³-hybridized carbons (Fsp3) is 0.200. The van der Waals surface area contributed by atoms with E-state index in [1.807, 2.05) is 13.0 Å². The molecule has 0 aliphatic carbocycles. The molecule has 4 nitrogen and oxygen atoms in total. The fourth-order valence-corrected chi connectivity index (χ4v) is 2.25. The van der Waals surface area contributed by atoms with E-state index < -0.39 is 0 Å². The van der Waals surface area contributed by atoms with Crippen molar-refractivity contribution in [2.45, 2.75) is 20.8 Å². The van der Waals surface area contributed by atoms with E-state index in [-0.39, 0.29) is 5.78 Å². The number of aryl methyl sites for hydroxylation is 3. The molecule has 0 saturated carbocycles. The number of fused-ring (bicyclic) bond motifs is 1. The Morgan fingerprint density at radius 1 is 1.11 bits per heavy atom. The molecule has 1 aromatic carbocycles. The molecule has 2 aromatic heterocycles. The first-order chi connectivity index (χ1) is 9.06. The Kier molecular flexibility index (Phi) is 2.52. The van der Waals surface area contributed by atoms with Crippen molar-refractivity contribution in [3.8, 4) is 0 Å². The predicted molar refractivity (Wildman–Crippen MR) is 74.5 cm³/mol. The summed E-state index contributed by atoms with van der Waals surface area (Å²) >= 11 is 0. The van der Waals surface area contributed by atoms with Crippen LogP contribution in [0.1, 0.15) is 32.9 Å². The van der Waals surface area contributed by atoms with Gasteiger partial charge in [-0.15, -0.1) is 0 Å². The molecule has 96 valence electrons. The maximum Gasteiger partial charge on any atom is 0.212 e. The standard InChI is InChI=1S/C15H15N3O/c1-8-4-11-6-14(17-13(11)5-9(8)2)15(19)12-7-16-18-10(12)3/h4-7,17H,1-3H3,(H,16,18). The molecule has 0 spiro atoms. The first-order valence-electron chi connectivity index (χ1n) is 6.21. The Bertz CT molecular complexity index is 741. The summed E-state index contributed by atoms with van der Waals surface area (Å²) < 4.78 is 0. The number of aromatic nitrogens is 3. The van der Waals surface area contributed by atoms with Crippen LogP contribution in [0.5, 0.6) is 0 Å². The number of hydrogen-bond acceptors (Lipinski definition) is 2. The van der Waals surface area contributed by atoms with Crippen molar-refractivity contribution in [3.05, 3.63) is 52.5 Å².